The van der Waals surface area contributed by atoms with Crippen LogP contribution in [-0.2, 0) is 65.4 Å². The van der Waals surface area contributed by atoms with E-state index in [0.717, 1.165) is 109 Å². The standard InChI is InChI=1S/C69H134O17P2/c1-6-10-13-16-19-21-23-24-25-26-27-28-29-35-40-45-50-55-69(74)86-65(59-80-67(72)53-48-43-38-34-31-30-32-37-41-46-51-62(5)9-4)61-84-88(77,78)82-57-63(70)56-81-87(75,76)83-60-64(58-79-66(71)52-47-42-36-18-15-12-8-3)85-68(73)54-49-44-39-33-22-20-17-14-11-7-2/h62-65,70H,6-61H2,1-5H3,(H,75,76)(H,77,78)/t62?,63-,64+,65+/m0/s1. The summed E-state index contributed by atoms with van der Waals surface area (Å²) in [5, 5.41) is 10.6. The molecule has 88 heavy (non-hydrogen) atoms. The molecule has 3 N–H and O–H groups in total. The molecule has 0 aromatic heterocycles. The van der Waals surface area contributed by atoms with Gasteiger partial charge in [-0.1, -0.05) is 304 Å². The number of hydrogen-bond donors (Lipinski definition) is 3. The van der Waals surface area contributed by atoms with Gasteiger partial charge in [0.2, 0.25) is 0 Å². The van der Waals surface area contributed by atoms with Crippen molar-refractivity contribution in [3.05, 3.63) is 0 Å². The maximum absolute atomic E-state index is 13.0. The number of ether oxygens (including phenoxy) is 4. The average Bonchev–Trinajstić information content (AvgIpc) is 3.52. The molecule has 0 saturated heterocycles. The van der Waals surface area contributed by atoms with Crippen LogP contribution >= 0.6 is 15.6 Å². The largest absolute Gasteiger partial charge is 0.472 e. The number of phosphoric ester groups is 2. The molecule has 0 saturated carbocycles. The first-order valence-electron chi connectivity index (χ1n) is 36.2. The van der Waals surface area contributed by atoms with Crippen molar-refractivity contribution < 1.29 is 80.2 Å². The van der Waals surface area contributed by atoms with E-state index in [1.807, 2.05) is 0 Å². The Morgan fingerprint density at radius 3 is 0.807 bits per heavy atom. The summed E-state index contributed by atoms with van der Waals surface area (Å²) in [4.78, 5) is 72.3. The van der Waals surface area contributed by atoms with E-state index in [-0.39, 0.29) is 25.7 Å². The van der Waals surface area contributed by atoms with E-state index >= 15 is 0 Å². The monoisotopic (exact) mass is 1300 g/mol. The number of carbonyl (C=O) groups is 4. The van der Waals surface area contributed by atoms with E-state index in [4.69, 9.17) is 37.0 Å². The third kappa shape index (κ3) is 61.6. The number of aliphatic hydroxyl groups excluding tert-OH is 1. The highest BCUT2D eigenvalue weighted by Crippen LogP contribution is 2.45. The van der Waals surface area contributed by atoms with Crippen molar-refractivity contribution in [1.82, 2.24) is 0 Å². The molecule has 0 aliphatic rings. The lowest BCUT2D eigenvalue weighted by atomic mass is 9.99. The van der Waals surface area contributed by atoms with Crippen LogP contribution in [0.1, 0.15) is 356 Å². The van der Waals surface area contributed by atoms with Crippen molar-refractivity contribution in [3.63, 3.8) is 0 Å². The summed E-state index contributed by atoms with van der Waals surface area (Å²) in [6.45, 7) is 7.22. The first kappa shape index (κ1) is 86.1. The lowest BCUT2D eigenvalue weighted by molar-refractivity contribution is -0.161. The Bertz CT molecular complexity index is 1710. The van der Waals surface area contributed by atoms with Crippen LogP contribution in [0.2, 0.25) is 0 Å². The lowest BCUT2D eigenvalue weighted by Gasteiger charge is -2.21. The van der Waals surface area contributed by atoms with Gasteiger partial charge in [-0.05, 0) is 31.6 Å². The SMILES string of the molecule is CCCCCCCCCCCCCCCCCCCC(=O)O[C@H](COC(=O)CCCCCCCCCCCCC(C)CC)COP(=O)(O)OC[C@@H](O)COP(=O)(O)OC[C@@H](COC(=O)CCCCCCCCC)OC(=O)CCCCCCCCCCCC. The topological polar surface area (TPSA) is 237 Å². The number of hydrogen-bond acceptors (Lipinski definition) is 15. The van der Waals surface area contributed by atoms with Gasteiger partial charge in [0.05, 0.1) is 26.4 Å². The molecule has 0 aliphatic carbocycles. The molecule has 0 fully saturated rings. The van der Waals surface area contributed by atoms with Crippen molar-refractivity contribution in [2.24, 2.45) is 5.92 Å². The van der Waals surface area contributed by atoms with Crippen LogP contribution in [0.3, 0.4) is 0 Å². The fourth-order valence-corrected chi connectivity index (χ4v) is 12.0. The van der Waals surface area contributed by atoms with Crippen molar-refractivity contribution in [1.29, 1.82) is 0 Å². The number of esters is 4. The van der Waals surface area contributed by atoms with E-state index in [2.05, 4.69) is 34.6 Å². The van der Waals surface area contributed by atoms with Crippen LogP contribution in [0.4, 0.5) is 0 Å². The summed E-state index contributed by atoms with van der Waals surface area (Å²) in [5.74, 6) is -1.32. The molecule has 0 radical (unpaired) electrons. The van der Waals surface area contributed by atoms with Crippen molar-refractivity contribution in [2.75, 3.05) is 39.6 Å². The van der Waals surface area contributed by atoms with E-state index in [0.29, 0.717) is 25.7 Å². The Hall–Kier alpha value is -1.94. The van der Waals surface area contributed by atoms with Gasteiger partial charge < -0.3 is 33.8 Å². The quantitative estimate of drug-likeness (QED) is 0.0222. The molecule has 522 valence electrons. The molecule has 17 nitrogen and oxygen atoms in total. The number of aliphatic hydroxyl groups is 1. The number of phosphoric acid groups is 2. The maximum atomic E-state index is 13.0. The predicted molar refractivity (Wildman–Crippen MR) is 354 cm³/mol. The lowest BCUT2D eigenvalue weighted by Crippen LogP contribution is -2.30. The fraction of sp³-hybridized carbons (Fsp3) is 0.942. The zero-order chi connectivity index (χ0) is 64.9. The Morgan fingerprint density at radius 1 is 0.318 bits per heavy atom. The molecular formula is C69H134O17P2. The fourth-order valence-electron chi connectivity index (χ4n) is 10.4. The molecule has 0 heterocycles. The van der Waals surface area contributed by atoms with Crippen molar-refractivity contribution in [2.45, 2.75) is 374 Å². The van der Waals surface area contributed by atoms with Gasteiger partial charge in [0.15, 0.2) is 12.2 Å². The Morgan fingerprint density at radius 2 is 0.545 bits per heavy atom. The molecule has 3 unspecified atom stereocenters. The highest BCUT2D eigenvalue weighted by atomic mass is 31.2. The second-order valence-electron chi connectivity index (χ2n) is 25.2. The van der Waals surface area contributed by atoms with Gasteiger partial charge in [-0.2, -0.15) is 0 Å². The van der Waals surface area contributed by atoms with Gasteiger partial charge in [-0.3, -0.25) is 37.3 Å². The summed E-state index contributed by atoms with van der Waals surface area (Å²) >= 11 is 0. The van der Waals surface area contributed by atoms with Gasteiger partial charge in [-0.15, -0.1) is 0 Å². The van der Waals surface area contributed by atoms with Crippen LogP contribution in [0.25, 0.3) is 0 Å². The summed E-state index contributed by atoms with van der Waals surface area (Å²) in [6.07, 6.45) is 48.6. The third-order valence-electron chi connectivity index (χ3n) is 16.4. The molecule has 0 spiro atoms. The second-order valence-corrected chi connectivity index (χ2v) is 28.1. The first-order valence-corrected chi connectivity index (χ1v) is 39.2. The number of unbranched alkanes of at least 4 members (excludes halogenated alkanes) is 40. The van der Waals surface area contributed by atoms with Crippen LogP contribution < -0.4 is 0 Å². The van der Waals surface area contributed by atoms with E-state index in [1.54, 1.807) is 0 Å². The molecule has 0 aliphatic heterocycles. The molecule has 6 atom stereocenters. The third-order valence-corrected chi connectivity index (χ3v) is 18.3. The molecule has 0 rings (SSSR count). The molecule has 19 heteroatoms. The molecule has 0 amide bonds. The van der Waals surface area contributed by atoms with Crippen molar-refractivity contribution >= 4 is 39.5 Å². The summed E-state index contributed by atoms with van der Waals surface area (Å²) in [7, 11) is -9.89. The van der Waals surface area contributed by atoms with Crippen LogP contribution in [0.5, 0.6) is 0 Å². The molecule has 0 bridgehead atoms. The van der Waals surface area contributed by atoms with Gasteiger partial charge in [-0.25, -0.2) is 9.13 Å². The van der Waals surface area contributed by atoms with Gasteiger partial charge in [0.25, 0.3) is 0 Å². The van der Waals surface area contributed by atoms with Crippen LogP contribution in [-0.4, -0.2) is 96.7 Å². The van der Waals surface area contributed by atoms with Crippen molar-refractivity contribution in [3.8, 4) is 0 Å². The first-order chi connectivity index (χ1) is 42.6. The normalized spacial score (nSPS) is 14.4. The van der Waals surface area contributed by atoms with Crippen LogP contribution in [0.15, 0.2) is 0 Å². The highest BCUT2D eigenvalue weighted by molar-refractivity contribution is 7.47. The minimum atomic E-state index is -4.95. The number of carbonyl (C=O) groups excluding carboxylic acids is 4. The van der Waals surface area contributed by atoms with Crippen LogP contribution in [0, 0.1) is 5.92 Å². The minimum Gasteiger partial charge on any atom is -0.462 e. The Balaban J connectivity index is 5.20. The summed E-state index contributed by atoms with van der Waals surface area (Å²) in [6, 6.07) is 0. The minimum absolute atomic E-state index is 0.106. The maximum Gasteiger partial charge on any atom is 0.472 e. The molecular weight excluding hydrogens is 1160 g/mol. The molecule has 0 aromatic rings. The average molecular weight is 1300 g/mol. The highest BCUT2D eigenvalue weighted by Gasteiger charge is 2.30. The molecule has 0 aromatic carbocycles. The van der Waals surface area contributed by atoms with Gasteiger partial charge >= 0.3 is 39.5 Å². The van der Waals surface area contributed by atoms with E-state index < -0.39 is 97.5 Å². The number of rotatable bonds is 69. The predicted octanol–water partition coefficient (Wildman–Crippen LogP) is 19.7. The smallest absolute Gasteiger partial charge is 0.462 e. The van der Waals surface area contributed by atoms with E-state index in [9.17, 15) is 43.2 Å². The van der Waals surface area contributed by atoms with Gasteiger partial charge in [0.1, 0.15) is 19.3 Å². The zero-order valence-corrected chi connectivity index (χ0v) is 58.6. The van der Waals surface area contributed by atoms with Gasteiger partial charge in [0, 0.05) is 25.7 Å². The zero-order valence-electron chi connectivity index (χ0n) is 56.9. The summed E-state index contributed by atoms with van der Waals surface area (Å²) in [5.41, 5.74) is 0. The second kappa shape index (κ2) is 62.5. The Labute approximate surface area is 537 Å². The summed E-state index contributed by atoms with van der Waals surface area (Å²) < 4.78 is 68.1. The Kier molecular flexibility index (Phi) is 61.1. The van der Waals surface area contributed by atoms with E-state index in [1.165, 1.54) is 167 Å².